The average Bonchev–Trinajstić information content (AvgIpc) is 3.21. The Hall–Kier alpha value is -1.73. The summed E-state index contributed by atoms with van der Waals surface area (Å²) >= 11 is 11.0. The molecule has 4 nitrogen and oxygen atoms in total. The van der Waals surface area contributed by atoms with Crippen molar-refractivity contribution in [1.82, 2.24) is 9.88 Å². The number of aromatic nitrogens is 1. The number of nitrogens with zero attached hydrogens (tertiary/aromatic N) is 2. The topological polar surface area (TPSA) is 45.2 Å². The van der Waals surface area contributed by atoms with Crippen molar-refractivity contribution in [2.24, 2.45) is 5.92 Å². The number of thiazole rings is 1. The lowest BCUT2D eigenvalue weighted by Gasteiger charge is -2.27. The van der Waals surface area contributed by atoms with E-state index in [1.54, 1.807) is 11.3 Å². The summed E-state index contributed by atoms with van der Waals surface area (Å²) in [4.78, 5) is 21.0. The van der Waals surface area contributed by atoms with Crippen LogP contribution in [-0.2, 0) is 24.3 Å². The van der Waals surface area contributed by atoms with E-state index in [0.29, 0.717) is 17.5 Å². The molecule has 30 heavy (non-hydrogen) atoms. The molecule has 0 saturated carbocycles. The molecule has 2 heterocycles. The van der Waals surface area contributed by atoms with E-state index in [9.17, 15) is 4.79 Å². The van der Waals surface area contributed by atoms with Crippen LogP contribution in [0.15, 0.2) is 53.0 Å². The minimum Gasteiger partial charge on any atom is -0.302 e. The highest BCUT2D eigenvalue weighted by Crippen LogP contribution is 2.43. The third-order valence-electron chi connectivity index (χ3n) is 5.20. The Morgan fingerprint density at radius 3 is 2.53 bits per heavy atom. The number of nitrogens with one attached hydrogen (secondary N) is 1. The molecule has 3 aromatic rings. The minimum absolute atomic E-state index is 0.0381. The summed E-state index contributed by atoms with van der Waals surface area (Å²) in [6.07, 6.45) is 0.341. The van der Waals surface area contributed by atoms with Crippen molar-refractivity contribution in [3.05, 3.63) is 79.7 Å². The summed E-state index contributed by atoms with van der Waals surface area (Å²) in [6, 6.07) is 16.1. The molecule has 4 rings (SSSR count). The van der Waals surface area contributed by atoms with Crippen LogP contribution in [0.5, 0.6) is 0 Å². The van der Waals surface area contributed by atoms with Gasteiger partial charge in [0.1, 0.15) is 0 Å². The Morgan fingerprint density at radius 1 is 1.20 bits per heavy atom. The van der Waals surface area contributed by atoms with Crippen LogP contribution < -0.4 is 5.32 Å². The van der Waals surface area contributed by atoms with Gasteiger partial charge in [0.2, 0.25) is 5.91 Å². The van der Waals surface area contributed by atoms with Gasteiger partial charge in [-0.1, -0.05) is 65.6 Å². The van der Waals surface area contributed by atoms with Crippen LogP contribution in [-0.4, -0.2) is 15.8 Å². The molecule has 7 heteroatoms. The SMILES string of the molecule is CC(C)[C@H]1c2nc(NC(=O)Cc3ccc(Br)cc3)sc2CN1Cc1ccc(Cl)cc1. The maximum Gasteiger partial charge on any atom is 0.230 e. The molecule has 1 N–H and O–H groups in total. The van der Waals surface area contributed by atoms with Gasteiger partial charge >= 0.3 is 0 Å². The van der Waals surface area contributed by atoms with Gasteiger partial charge in [0.05, 0.1) is 18.2 Å². The van der Waals surface area contributed by atoms with Crippen LogP contribution in [0.4, 0.5) is 5.13 Å². The van der Waals surface area contributed by atoms with Crippen molar-refractivity contribution < 1.29 is 4.79 Å². The van der Waals surface area contributed by atoms with Crippen LogP contribution in [0.3, 0.4) is 0 Å². The summed E-state index contributed by atoms with van der Waals surface area (Å²) < 4.78 is 1.01. The predicted molar refractivity (Wildman–Crippen MR) is 127 cm³/mol. The van der Waals surface area contributed by atoms with Gasteiger partial charge in [0.25, 0.3) is 0 Å². The number of amides is 1. The molecular weight excluding hydrogens is 482 g/mol. The first-order valence-corrected chi connectivity index (χ1v) is 11.9. The Bertz CT molecular complexity index is 1030. The fourth-order valence-electron chi connectivity index (χ4n) is 3.88. The summed E-state index contributed by atoms with van der Waals surface area (Å²) in [7, 11) is 0. The monoisotopic (exact) mass is 503 g/mol. The molecule has 0 spiro atoms. The molecule has 1 aromatic heterocycles. The number of hydrogen-bond donors (Lipinski definition) is 1. The van der Waals surface area contributed by atoms with Gasteiger partial charge in [0, 0.05) is 27.5 Å². The van der Waals surface area contributed by atoms with Crippen LogP contribution in [0.2, 0.25) is 5.02 Å². The van der Waals surface area contributed by atoms with Crippen LogP contribution in [0.1, 0.15) is 41.6 Å². The molecule has 1 atom stereocenters. The number of benzene rings is 2. The highest BCUT2D eigenvalue weighted by atomic mass is 79.9. The fourth-order valence-corrected chi connectivity index (χ4v) is 5.32. The van der Waals surface area contributed by atoms with Gasteiger partial charge in [-0.15, -0.1) is 11.3 Å². The van der Waals surface area contributed by atoms with Crippen molar-refractivity contribution in [2.45, 2.75) is 39.4 Å². The largest absolute Gasteiger partial charge is 0.302 e. The predicted octanol–water partition coefficient (Wildman–Crippen LogP) is 6.45. The van der Waals surface area contributed by atoms with Crippen molar-refractivity contribution in [3.8, 4) is 0 Å². The third-order valence-corrected chi connectivity index (χ3v) is 6.95. The zero-order valence-corrected chi connectivity index (χ0v) is 20.0. The van der Waals surface area contributed by atoms with Crippen molar-refractivity contribution in [2.75, 3.05) is 5.32 Å². The maximum atomic E-state index is 12.5. The Balaban J connectivity index is 1.44. The number of carbonyl (C=O) groups is 1. The van der Waals surface area contributed by atoms with E-state index in [2.05, 4.69) is 52.1 Å². The van der Waals surface area contributed by atoms with E-state index < -0.39 is 0 Å². The molecule has 0 bridgehead atoms. The normalized spacial score (nSPS) is 16.1. The Labute approximate surface area is 194 Å². The maximum absolute atomic E-state index is 12.5. The van der Waals surface area contributed by atoms with Crippen LogP contribution in [0.25, 0.3) is 0 Å². The average molecular weight is 505 g/mol. The van der Waals surface area contributed by atoms with Crippen molar-refractivity contribution >= 4 is 49.9 Å². The Morgan fingerprint density at radius 2 is 1.87 bits per heavy atom. The quantitative estimate of drug-likeness (QED) is 0.419. The summed E-state index contributed by atoms with van der Waals surface area (Å²) in [5, 5.41) is 4.44. The number of hydrogen-bond acceptors (Lipinski definition) is 4. The van der Waals surface area contributed by atoms with Gasteiger partial charge in [-0.25, -0.2) is 4.98 Å². The van der Waals surface area contributed by atoms with E-state index in [-0.39, 0.29) is 11.9 Å². The molecule has 0 saturated heterocycles. The number of halogens is 2. The van der Waals surface area contributed by atoms with E-state index in [0.717, 1.165) is 33.8 Å². The zero-order valence-electron chi connectivity index (χ0n) is 16.9. The first-order chi connectivity index (χ1) is 14.4. The van der Waals surface area contributed by atoms with Gasteiger partial charge in [0.15, 0.2) is 5.13 Å². The first-order valence-electron chi connectivity index (χ1n) is 9.91. The van der Waals surface area contributed by atoms with Gasteiger partial charge in [-0.05, 0) is 41.3 Å². The highest BCUT2D eigenvalue weighted by Gasteiger charge is 2.36. The van der Waals surface area contributed by atoms with E-state index in [4.69, 9.17) is 16.6 Å². The fraction of sp³-hybridized carbons (Fsp3) is 0.304. The first kappa shape index (κ1) is 21.5. The van der Waals surface area contributed by atoms with Crippen LogP contribution in [0, 0.1) is 5.92 Å². The smallest absolute Gasteiger partial charge is 0.230 e. The lowest BCUT2D eigenvalue weighted by molar-refractivity contribution is -0.115. The lowest BCUT2D eigenvalue weighted by atomic mass is 10.0. The lowest BCUT2D eigenvalue weighted by Crippen LogP contribution is -2.26. The summed E-state index contributed by atoms with van der Waals surface area (Å²) in [5.74, 6) is 0.385. The summed E-state index contributed by atoms with van der Waals surface area (Å²) in [6.45, 7) is 6.15. The van der Waals surface area contributed by atoms with Crippen LogP contribution >= 0.6 is 38.9 Å². The zero-order chi connectivity index (χ0) is 21.3. The Kier molecular flexibility index (Phi) is 6.58. The molecule has 1 aliphatic rings. The summed E-state index contributed by atoms with van der Waals surface area (Å²) in [5.41, 5.74) is 3.32. The third kappa shape index (κ3) is 4.94. The molecule has 156 valence electrons. The van der Waals surface area contributed by atoms with Gasteiger partial charge < -0.3 is 5.32 Å². The van der Waals surface area contributed by atoms with Crippen molar-refractivity contribution in [3.63, 3.8) is 0 Å². The van der Waals surface area contributed by atoms with Crippen molar-refractivity contribution in [1.29, 1.82) is 0 Å². The van der Waals surface area contributed by atoms with Gasteiger partial charge in [-0.2, -0.15) is 0 Å². The second kappa shape index (κ2) is 9.18. The molecular formula is C23H23BrClN3OS. The molecule has 2 aromatic carbocycles. The number of rotatable bonds is 6. The molecule has 0 fully saturated rings. The van der Waals surface area contributed by atoms with Gasteiger partial charge in [-0.3, -0.25) is 9.69 Å². The van der Waals surface area contributed by atoms with E-state index >= 15 is 0 Å². The standard InChI is InChI=1S/C23H23BrClN3OS/c1-14(2)22-21-19(13-28(22)12-16-5-9-18(25)10-6-16)30-23(27-21)26-20(29)11-15-3-7-17(24)8-4-15/h3-10,14,22H,11-13H2,1-2H3,(H,26,27,29)/t22-/m0/s1. The molecule has 1 aliphatic heterocycles. The second-order valence-corrected chi connectivity index (χ2v) is 10.3. The molecule has 1 amide bonds. The number of anilines is 1. The second-order valence-electron chi connectivity index (χ2n) is 7.90. The van der Waals surface area contributed by atoms with E-state index in [1.807, 2.05) is 36.4 Å². The van der Waals surface area contributed by atoms with E-state index in [1.165, 1.54) is 10.4 Å². The minimum atomic E-state index is -0.0381. The molecule has 0 aliphatic carbocycles. The highest BCUT2D eigenvalue weighted by molar-refractivity contribution is 9.10. The molecule has 0 unspecified atom stereocenters. The number of fused-ring (bicyclic) bond motifs is 1. The molecule has 0 radical (unpaired) electrons. The number of carbonyl (C=O) groups excluding carboxylic acids is 1.